The maximum atomic E-state index is 6.13. The standard InChI is InChI=1S/C46H31NO/c1-2-16-40(17-3-1)47(42-26-27-46-44(31-42)43-18-6-7-19-45(43)48-46)41-24-22-33(23-25-41)35-12-8-13-36(28-35)37-14-9-15-38(30-37)39-21-20-32-10-4-5-11-34(32)29-39/h1-31H. The number of furan rings is 1. The molecule has 0 saturated carbocycles. The van der Waals surface area contributed by atoms with Gasteiger partial charge < -0.3 is 9.32 Å². The minimum absolute atomic E-state index is 0.894. The van der Waals surface area contributed by atoms with E-state index in [0.717, 1.165) is 39.0 Å². The van der Waals surface area contributed by atoms with Crippen molar-refractivity contribution in [3.05, 3.63) is 188 Å². The predicted molar refractivity (Wildman–Crippen MR) is 202 cm³/mol. The summed E-state index contributed by atoms with van der Waals surface area (Å²) >= 11 is 0. The van der Waals surface area contributed by atoms with Gasteiger partial charge >= 0.3 is 0 Å². The van der Waals surface area contributed by atoms with E-state index in [1.54, 1.807) is 0 Å². The van der Waals surface area contributed by atoms with Gasteiger partial charge in [-0.1, -0.05) is 121 Å². The summed E-state index contributed by atoms with van der Waals surface area (Å²) in [6.45, 7) is 0. The molecular weight excluding hydrogens is 583 g/mol. The Morgan fingerprint density at radius 1 is 0.292 bits per heavy atom. The third-order valence-electron chi connectivity index (χ3n) is 9.23. The molecule has 9 rings (SSSR count). The number of hydrogen-bond acceptors (Lipinski definition) is 2. The fourth-order valence-electron chi connectivity index (χ4n) is 6.81. The Hall–Kier alpha value is -6.38. The highest BCUT2D eigenvalue weighted by atomic mass is 16.3. The van der Waals surface area contributed by atoms with Gasteiger partial charge in [0.1, 0.15) is 11.2 Å². The topological polar surface area (TPSA) is 16.4 Å². The van der Waals surface area contributed by atoms with Crippen molar-refractivity contribution < 1.29 is 4.42 Å². The van der Waals surface area contributed by atoms with Crippen molar-refractivity contribution in [3.8, 4) is 33.4 Å². The molecule has 8 aromatic carbocycles. The molecule has 0 spiro atoms. The van der Waals surface area contributed by atoms with Crippen LogP contribution in [0, 0.1) is 0 Å². The van der Waals surface area contributed by atoms with Crippen molar-refractivity contribution in [1.29, 1.82) is 0 Å². The molecule has 1 heterocycles. The minimum atomic E-state index is 0.894. The lowest BCUT2D eigenvalue weighted by Gasteiger charge is -2.25. The van der Waals surface area contributed by atoms with E-state index in [0.29, 0.717) is 0 Å². The highest BCUT2D eigenvalue weighted by Crippen LogP contribution is 2.39. The van der Waals surface area contributed by atoms with Crippen LogP contribution in [-0.4, -0.2) is 0 Å². The zero-order chi connectivity index (χ0) is 31.9. The molecule has 48 heavy (non-hydrogen) atoms. The van der Waals surface area contributed by atoms with Gasteiger partial charge in [0.05, 0.1) is 0 Å². The number of benzene rings is 8. The lowest BCUT2D eigenvalue weighted by molar-refractivity contribution is 0.669. The number of para-hydroxylation sites is 2. The molecule has 2 nitrogen and oxygen atoms in total. The lowest BCUT2D eigenvalue weighted by Crippen LogP contribution is -2.09. The molecule has 9 aromatic rings. The van der Waals surface area contributed by atoms with E-state index in [-0.39, 0.29) is 0 Å². The largest absolute Gasteiger partial charge is 0.456 e. The second kappa shape index (κ2) is 11.8. The Kier molecular flexibility index (Phi) is 6.84. The second-order valence-electron chi connectivity index (χ2n) is 12.2. The lowest BCUT2D eigenvalue weighted by atomic mass is 9.95. The van der Waals surface area contributed by atoms with Gasteiger partial charge in [0, 0.05) is 27.8 Å². The Bertz CT molecular complexity index is 2560. The number of rotatable bonds is 6. The van der Waals surface area contributed by atoms with Crippen molar-refractivity contribution in [2.45, 2.75) is 0 Å². The molecule has 0 fully saturated rings. The van der Waals surface area contributed by atoms with Crippen molar-refractivity contribution >= 4 is 49.8 Å². The quantitative estimate of drug-likeness (QED) is 0.185. The third kappa shape index (κ3) is 5.10. The summed E-state index contributed by atoms with van der Waals surface area (Å²) in [5.74, 6) is 0. The van der Waals surface area contributed by atoms with E-state index >= 15 is 0 Å². The number of fused-ring (bicyclic) bond motifs is 4. The van der Waals surface area contributed by atoms with Crippen LogP contribution in [0.5, 0.6) is 0 Å². The van der Waals surface area contributed by atoms with Crippen LogP contribution in [0.3, 0.4) is 0 Å². The van der Waals surface area contributed by atoms with Crippen molar-refractivity contribution in [1.82, 2.24) is 0 Å². The summed E-state index contributed by atoms with van der Waals surface area (Å²) < 4.78 is 6.13. The van der Waals surface area contributed by atoms with Crippen LogP contribution in [0.4, 0.5) is 17.1 Å². The molecule has 0 atom stereocenters. The maximum Gasteiger partial charge on any atom is 0.135 e. The van der Waals surface area contributed by atoms with E-state index in [1.807, 2.05) is 12.1 Å². The van der Waals surface area contributed by atoms with E-state index < -0.39 is 0 Å². The summed E-state index contributed by atoms with van der Waals surface area (Å²) in [6.07, 6.45) is 0. The molecule has 2 heteroatoms. The Morgan fingerprint density at radius 2 is 0.833 bits per heavy atom. The number of anilines is 3. The van der Waals surface area contributed by atoms with Gasteiger partial charge in [0.25, 0.3) is 0 Å². The molecule has 226 valence electrons. The van der Waals surface area contributed by atoms with Gasteiger partial charge in [-0.05, 0) is 111 Å². The van der Waals surface area contributed by atoms with Crippen molar-refractivity contribution in [2.24, 2.45) is 0 Å². The fourth-order valence-corrected chi connectivity index (χ4v) is 6.81. The molecule has 0 radical (unpaired) electrons. The molecule has 0 aliphatic heterocycles. The summed E-state index contributed by atoms with van der Waals surface area (Å²) in [7, 11) is 0. The van der Waals surface area contributed by atoms with Gasteiger partial charge in [0.15, 0.2) is 0 Å². The summed E-state index contributed by atoms with van der Waals surface area (Å²) in [5.41, 5.74) is 12.3. The van der Waals surface area contributed by atoms with E-state index in [1.165, 1.54) is 44.2 Å². The Labute approximate surface area is 279 Å². The Morgan fingerprint density at radius 3 is 1.58 bits per heavy atom. The highest BCUT2D eigenvalue weighted by molar-refractivity contribution is 6.06. The number of nitrogens with zero attached hydrogens (tertiary/aromatic N) is 1. The monoisotopic (exact) mass is 613 g/mol. The molecule has 0 amide bonds. The highest BCUT2D eigenvalue weighted by Gasteiger charge is 2.15. The summed E-state index contributed by atoms with van der Waals surface area (Å²) in [5, 5.41) is 4.76. The fraction of sp³-hybridized carbons (Fsp3) is 0. The molecule has 1 aromatic heterocycles. The molecule has 0 saturated heterocycles. The minimum Gasteiger partial charge on any atom is -0.456 e. The smallest absolute Gasteiger partial charge is 0.135 e. The van der Waals surface area contributed by atoms with Crippen molar-refractivity contribution in [3.63, 3.8) is 0 Å². The first-order valence-electron chi connectivity index (χ1n) is 16.3. The normalized spacial score (nSPS) is 11.3. The first-order valence-corrected chi connectivity index (χ1v) is 16.3. The predicted octanol–water partition coefficient (Wildman–Crippen LogP) is 13.2. The Balaban J connectivity index is 1.05. The van der Waals surface area contributed by atoms with Crippen LogP contribution < -0.4 is 4.90 Å². The molecule has 0 bridgehead atoms. The first kappa shape index (κ1) is 27.9. The van der Waals surface area contributed by atoms with Crippen LogP contribution in [0.25, 0.3) is 66.1 Å². The number of hydrogen-bond donors (Lipinski definition) is 0. The summed E-state index contributed by atoms with van der Waals surface area (Å²) in [4.78, 5) is 2.31. The van der Waals surface area contributed by atoms with Gasteiger partial charge in [-0.2, -0.15) is 0 Å². The zero-order valence-corrected chi connectivity index (χ0v) is 26.3. The zero-order valence-electron chi connectivity index (χ0n) is 26.3. The van der Waals surface area contributed by atoms with Gasteiger partial charge in [-0.3, -0.25) is 0 Å². The SMILES string of the molecule is c1ccc(N(c2ccc(-c3cccc(-c4cccc(-c5ccc6ccccc6c5)c4)c3)cc2)c2ccc3oc4ccccc4c3c2)cc1. The van der Waals surface area contributed by atoms with Crippen LogP contribution >= 0.6 is 0 Å². The first-order chi connectivity index (χ1) is 23.8. The van der Waals surface area contributed by atoms with Gasteiger partial charge in [0.2, 0.25) is 0 Å². The van der Waals surface area contributed by atoms with E-state index in [2.05, 4.69) is 181 Å². The average molecular weight is 614 g/mol. The molecule has 0 aliphatic carbocycles. The van der Waals surface area contributed by atoms with Crippen LogP contribution in [0.2, 0.25) is 0 Å². The second-order valence-corrected chi connectivity index (χ2v) is 12.2. The maximum absolute atomic E-state index is 6.13. The molecular formula is C46H31NO. The summed E-state index contributed by atoms with van der Waals surface area (Å²) in [6, 6.07) is 67.0. The van der Waals surface area contributed by atoms with Gasteiger partial charge in [-0.25, -0.2) is 0 Å². The third-order valence-corrected chi connectivity index (χ3v) is 9.23. The van der Waals surface area contributed by atoms with Crippen molar-refractivity contribution in [2.75, 3.05) is 4.90 Å². The van der Waals surface area contributed by atoms with Crippen LogP contribution in [-0.2, 0) is 0 Å². The molecule has 0 aliphatic rings. The van der Waals surface area contributed by atoms with Gasteiger partial charge in [-0.15, -0.1) is 0 Å². The molecule has 0 unspecified atom stereocenters. The molecule has 0 N–H and O–H groups in total. The van der Waals surface area contributed by atoms with E-state index in [9.17, 15) is 0 Å². The van der Waals surface area contributed by atoms with Crippen LogP contribution in [0.1, 0.15) is 0 Å². The van der Waals surface area contributed by atoms with Crippen LogP contribution in [0.15, 0.2) is 192 Å². The van der Waals surface area contributed by atoms with E-state index in [4.69, 9.17) is 4.42 Å². The average Bonchev–Trinajstić information content (AvgIpc) is 3.54.